The number of phenols is 1. The first kappa shape index (κ1) is 20.5. The highest BCUT2D eigenvalue weighted by Gasteiger charge is 2.17. The Hall–Kier alpha value is -3.27. The molecule has 0 bridgehead atoms. The van der Waals surface area contributed by atoms with Crippen molar-refractivity contribution < 1.29 is 19.4 Å². The van der Waals surface area contributed by atoms with Crippen LogP contribution in [0.4, 0.5) is 5.82 Å². The molecule has 29 heavy (non-hydrogen) atoms. The first-order chi connectivity index (χ1) is 13.7. The van der Waals surface area contributed by atoms with E-state index < -0.39 is 18.5 Å². The van der Waals surface area contributed by atoms with Gasteiger partial charge in [0.05, 0.1) is 5.69 Å². The molecule has 0 radical (unpaired) electrons. The highest BCUT2D eigenvalue weighted by Crippen LogP contribution is 2.22. The second kappa shape index (κ2) is 8.39. The van der Waals surface area contributed by atoms with Crippen molar-refractivity contribution in [1.82, 2.24) is 19.7 Å². The number of amides is 1. The maximum atomic E-state index is 12.3. The third kappa shape index (κ3) is 4.96. The summed E-state index contributed by atoms with van der Waals surface area (Å²) in [7, 11) is 0. The number of nitrogens with zero attached hydrogens (tertiary/aromatic N) is 4. The van der Waals surface area contributed by atoms with E-state index in [1.807, 2.05) is 19.9 Å². The number of benzene rings is 1. The number of carbonyl (C=O) groups excluding carboxylic acids is 2. The molecule has 0 aliphatic heterocycles. The first-order valence-electron chi connectivity index (χ1n) is 8.58. The number of hydrogen-bond acceptors (Lipinski definition) is 7. The Balaban J connectivity index is 1.71. The minimum Gasteiger partial charge on any atom is -0.507 e. The van der Waals surface area contributed by atoms with Crippen LogP contribution in [0, 0.1) is 20.8 Å². The zero-order chi connectivity index (χ0) is 21.1. The van der Waals surface area contributed by atoms with Crippen LogP contribution in [0.3, 0.4) is 0 Å². The van der Waals surface area contributed by atoms with Gasteiger partial charge < -0.3 is 15.2 Å². The Bertz CT molecular complexity index is 1080. The normalized spacial score (nSPS) is 10.6. The third-order valence-electron chi connectivity index (χ3n) is 3.77. The Morgan fingerprint density at radius 1 is 1.10 bits per heavy atom. The van der Waals surface area contributed by atoms with Gasteiger partial charge in [0.15, 0.2) is 6.61 Å². The molecule has 0 spiro atoms. The molecule has 9 nitrogen and oxygen atoms in total. The summed E-state index contributed by atoms with van der Waals surface area (Å²) < 4.78 is 7.00. The molecule has 0 aliphatic rings. The van der Waals surface area contributed by atoms with Crippen molar-refractivity contribution in [3.05, 3.63) is 57.4 Å². The molecule has 0 fully saturated rings. The molecule has 1 amide bonds. The number of rotatable bonds is 5. The Morgan fingerprint density at radius 2 is 1.79 bits per heavy atom. The third-order valence-corrected chi connectivity index (χ3v) is 4.27. The van der Waals surface area contributed by atoms with Gasteiger partial charge in [0, 0.05) is 21.9 Å². The predicted molar refractivity (Wildman–Crippen MR) is 108 cm³/mol. The summed E-state index contributed by atoms with van der Waals surface area (Å²) in [4.78, 5) is 33.1. The number of aromatic hydroxyl groups is 1. The second-order valence-electron chi connectivity index (χ2n) is 6.32. The SMILES string of the molecule is Cc1cc(C)nc(-n2nc(C)cc2NC(=O)COC(=O)c2cc(Br)ccc2O)n1. The van der Waals surface area contributed by atoms with Gasteiger partial charge in [0.25, 0.3) is 11.9 Å². The summed E-state index contributed by atoms with van der Waals surface area (Å²) >= 11 is 3.21. The summed E-state index contributed by atoms with van der Waals surface area (Å²) in [5.74, 6) is -0.959. The molecule has 0 saturated carbocycles. The fourth-order valence-electron chi connectivity index (χ4n) is 2.60. The van der Waals surface area contributed by atoms with Crippen molar-refractivity contribution >= 4 is 33.6 Å². The summed E-state index contributed by atoms with van der Waals surface area (Å²) in [5, 5.41) is 16.7. The Morgan fingerprint density at radius 3 is 2.48 bits per heavy atom. The average molecular weight is 460 g/mol. The predicted octanol–water partition coefficient (Wildman–Crippen LogP) is 2.85. The summed E-state index contributed by atoms with van der Waals surface area (Å²) in [6.07, 6.45) is 0. The molecule has 150 valence electrons. The zero-order valence-electron chi connectivity index (χ0n) is 15.9. The monoisotopic (exact) mass is 459 g/mol. The van der Waals surface area contributed by atoms with E-state index in [2.05, 4.69) is 36.3 Å². The van der Waals surface area contributed by atoms with Crippen LogP contribution in [-0.2, 0) is 9.53 Å². The van der Waals surface area contributed by atoms with Crippen molar-refractivity contribution in [3.8, 4) is 11.7 Å². The van der Waals surface area contributed by atoms with Crippen molar-refractivity contribution in [2.45, 2.75) is 20.8 Å². The molecular weight excluding hydrogens is 442 g/mol. The number of esters is 1. The van der Waals surface area contributed by atoms with Crippen molar-refractivity contribution in [3.63, 3.8) is 0 Å². The lowest BCUT2D eigenvalue weighted by Gasteiger charge is -2.10. The van der Waals surface area contributed by atoms with Crippen molar-refractivity contribution in [2.75, 3.05) is 11.9 Å². The van der Waals surface area contributed by atoms with E-state index in [1.165, 1.54) is 16.8 Å². The van der Waals surface area contributed by atoms with E-state index in [9.17, 15) is 14.7 Å². The van der Waals surface area contributed by atoms with E-state index >= 15 is 0 Å². The van der Waals surface area contributed by atoms with Crippen LogP contribution in [0.2, 0.25) is 0 Å². The highest BCUT2D eigenvalue weighted by molar-refractivity contribution is 9.10. The minimum absolute atomic E-state index is 0.0447. The van der Waals surface area contributed by atoms with Gasteiger partial charge in [-0.25, -0.2) is 14.8 Å². The van der Waals surface area contributed by atoms with Crippen molar-refractivity contribution in [1.29, 1.82) is 0 Å². The Kier molecular flexibility index (Phi) is 5.92. The van der Waals surface area contributed by atoms with Gasteiger partial charge in [-0.05, 0) is 45.0 Å². The number of halogens is 1. The number of aryl methyl sites for hydroxylation is 3. The van der Waals surface area contributed by atoms with Gasteiger partial charge in [0.1, 0.15) is 17.1 Å². The number of aromatic nitrogens is 4. The van der Waals surface area contributed by atoms with Gasteiger partial charge in [-0.2, -0.15) is 9.78 Å². The minimum atomic E-state index is -0.818. The molecule has 1 aromatic carbocycles. The van der Waals surface area contributed by atoms with Gasteiger partial charge >= 0.3 is 5.97 Å². The van der Waals surface area contributed by atoms with Gasteiger partial charge in [-0.15, -0.1) is 0 Å². The molecular formula is C19H18BrN5O4. The van der Waals surface area contributed by atoms with Crippen LogP contribution in [0.25, 0.3) is 5.95 Å². The van der Waals surface area contributed by atoms with Gasteiger partial charge in [-0.1, -0.05) is 15.9 Å². The standard InChI is InChI=1S/C19H18BrN5O4/c1-10-6-11(2)22-19(21-10)25-16(7-12(3)24-25)23-17(27)9-29-18(28)14-8-13(20)4-5-15(14)26/h4-8,26H,9H2,1-3H3,(H,23,27). The number of carbonyl (C=O) groups is 2. The quantitative estimate of drug-likeness (QED) is 0.562. The molecule has 0 atom stereocenters. The van der Waals surface area contributed by atoms with Gasteiger partial charge in [0.2, 0.25) is 0 Å². The van der Waals surface area contributed by atoms with Crippen LogP contribution in [0.1, 0.15) is 27.4 Å². The fraction of sp³-hybridized carbons (Fsp3) is 0.211. The van der Waals surface area contributed by atoms with Gasteiger partial charge in [-0.3, -0.25) is 4.79 Å². The number of nitrogens with one attached hydrogen (secondary N) is 1. The molecule has 3 aromatic rings. The fourth-order valence-corrected chi connectivity index (χ4v) is 2.96. The Labute approximate surface area is 174 Å². The van der Waals surface area contributed by atoms with Crippen LogP contribution in [0.5, 0.6) is 5.75 Å². The topological polar surface area (TPSA) is 119 Å². The molecule has 0 saturated heterocycles. The average Bonchev–Trinajstić information content (AvgIpc) is 3.01. The molecule has 0 unspecified atom stereocenters. The maximum absolute atomic E-state index is 12.3. The smallest absolute Gasteiger partial charge is 0.342 e. The highest BCUT2D eigenvalue weighted by atomic mass is 79.9. The lowest BCUT2D eigenvalue weighted by molar-refractivity contribution is -0.119. The molecule has 2 heterocycles. The summed E-state index contributed by atoms with van der Waals surface area (Å²) in [5.41, 5.74) is 2.14. The zero-order valence-corrected chi connectivity index (χ0v) is 17.5. The van der Waals surface area contributed by atoms with E-state index in [0.717, 1.165) is 11.4 Å². The largest absolute Gasteiger partial charge is 0.507 e. The number of anilines is 1. The lowest BCUT2D eigenvalue weighted by atomic mass is 10.2. The molecule has 3 rings (SSSR count). The van der Waals surface area contributed by atoms with E-state index in [1.54, 1.807) is 19.1 Å². The molecule has 0 aliphatic carbocycles. The number of hydrogen-bond donors (Lipinski definition) is 2. The molecule has 2 N–H and O–H groups in total. The lowest BCUT2D eigenvalue weighted by Crippen LogP contribution is -2.23. The number of ether oxygens (including phenoxy) is 1. The van der Waals surface area contributed by atoms with Crippen LogP contribution in [0.15, 0.2) is 34.8 Å². The number of phenolic OH excluding ortho intramolecular Hbond substituents is 1. The molecule has 2 aromatic heterocycles. The van der Waals surface area contributed by atoms with E-state index in [-0.39, 0.29) is 11.3 Å². The second-order valence-corrected chi connectivity index (χ2v) is 7.23. The molecule has 10 heteroatoms. The van der Waals surface area contributed by atoms with Crippen LogP contribution >= 0.6 is 15.9 Å². The summed E-state index contributed by atoms with van der Waals surface area (Å²) in [6.45, 7) is 4.90. The van der Waals surface area contributed by atoms with E-state index in [4.69, 9.17) is 4.74 Å². The van der Waals surface area contributed by atoms with E-state index in [0.29, 0.717) is 21.9 Å². The van der Waals surface area contributed by atoms with Crippen molar-refractivity contribution in [2.24, 2.45) is 0 Å². The van der Waals surface area contributed by atoms with Crippen LogP contribution < -0.4 is 5.32 Å². The first-order valence-corrected chi connectivity index (χ1v) is 9.37. The summed E-state index contributed by atoms with van der Waals surface area (Å²) in [6, 6.07) is 7.82. The van der Waals surface area contributed by atoms with Crippen LogP contribution in [-0.4, -0.2) is 43.3 Å². The maximum Gasteiger partial charge on any atom is 0.342 e.